The van der Waals surface area contributed by atoms with Gasteiger partial charge in [-0.1, -0.05) is 111 Å². The highest BCUT2D eigenvalue weighted by Gasteiger charge is 2.72. The van der Waals surface area contributed by atoms with E-state index in [0.717, 1.165) is 75.1 Å². The third kappa shape index (κ3) is 5.20. The molecule has 0 N–H and O–H groups in total. The molecular formula is C43H66O4Si. The summed E-state index contributed by atoms with van der Waals surface area (Å²) in [6.07, 6.45) is 11.2. The van der Waals surface area contributed by atoms with Gasteiger partial charge in [0.2, 0.25) is 0 Å². The molecule has 4 fully saturated rings. The van der Waals surface area contributed by atoms with Crippen molar-refractivity contribution in [2.75, 3.05) is 0 Å². The molecule has 0 radical (unpaired) electrons. The average molecular weight is 675 g/mol. The maximum Gasteiger partial charge on any atom is 0.315 e. The van der Waals surface area contributed by atoms with Crippen LogP contribution in [0.1, 0.15) is 133 Å². The molecule has 0 amide bonds. The van der Waals surface area contributed by atoms with E-state index in [1.165, 1.54) is 5.57 Å². The van der Waals surface area contributed by atoms with E-state index in [-0.39, 0.29) is 45.1 Å². The van der Waals surface area contributed by atoms with Gasteiger partial charge in [-0.25, -0.2) is 0 Å². The van der Waals surface area contributed by atoms with Gasteiger partial charge in [0.1, 0.15) is 12.4 Å². The fourth-order valence-electron chi connectivity index (χ4n) is 12.8. The molecule has 0 aromatic heterocycles. The molecule has 6 rings (SSSR count). The summed E-state index contributed by atoms with van der Waals surface area (Å²) in [5, 5.41) is 0. The second-order valence-corrected chi connectivity index (χ2v) is 23.7. The van der Waals surface area contributed by atoms with E-state index in [9.17, 15) is 4.79 Å². The molecular weight excluding hydrogens is 609 g/mol. The van der Waals surface area contributed by atoms with Crippen molar-refractivity contribution in [3.8, 4) is 0 Å². The van der Waals surface area contributed by atoms with Crippen molar-refractivity contribution in [1.82, 2.24) is 0 Å². The largest absolute Gasteiger partial charge is 0.460 e. The molecule has 266 valence electrons. The van der Waals surface area contributed by atoms with Gasteiger partial charge in [0.05, 0.1) is 11.5 Å². The summed E-state index contributed by atoms with van der Waals surface area (Å²) in [4.78, 5) is 28.3. The van der Waals surface area contributed by atoms with E-state index < -0.39 is 13.7 Å². The van der Waals surface area contributed by atoms with Crippen LogP contribution in [0.5, 0.6) is 0 Å². The van der Waals surface area contributed by atoms with Crippen LogP contribution >= 0.6 is 0 Å². The molecule has 8 atom stereocenters. The minimum Gasteiger partial charge on any atom is -0.460 e. The van der Waals surface area contributed by atoms with Crippen LogP contribution in [0, 0.1) is 50.2 Å². The Morgan fingerprint density at radius 2 is 1.52 bits per heavy atom. The summed E-state index contributed by atoms with van der Waals surface area (Å²) in [6, 6.07) is 13.4. The van der Waals surface area contributed by atoms with Crippen molar-refractivity contribution in [2.24, 2.45) is 50.2 Å². The number of hydrogen-bond acceptors (Lipinski definition) is 4. The number of hydrogen-bond donors (Lipinski definition) is 0. The molecule has 0 aliphatic heterocycles. The van der Waals surface area contributed by atoms with Gasteiger partial charge in [-0.15, -0.1) is 0 Å². The number of esters is 1. The summed E-state index contributed by atoms with van der Waals surface area (Å²) >= 11 is 0. The lowest BCUT2D eigenvalue weighted by atomic mass is 9.33. The van der Waals surface area contributed by atoms with E-state index in [0.29, 0.717) is 30.6 Å². The lowest BCUT2D eigenvalue weighted by Gasteiger charge is -2.71. The maximum atomic E-state index is 15.0. The van der Waals surface area contributed by atoms with Gasteiger partial charge in [-0.3, -0.25) is 9.59 Å². The van der Waals surface area contributed by atoms with Crippen LogP contribution in [0.4, 0.5) is 0 Å². The maximum absolute atomic E-state index is 15.0. The zero-order valence-electron chi connectivity index (χ0n) is 32.1. The van der Waals surface area contributed by atoms with E-state index in [1.807, 2.05) is 18.2 Å². The molecule has 5 heteroatoms. The molecule has 1 aromatic rings. The molecule has 5 aliphatic rings. The standard InChI is InChI=1S/C43H66O4Si/c1-11-48(12-2,13-3)47-36-28-42(10)31(19-20-34-40(8)23-22-35(44)39(6,7)33(40)21-24-41(34,42)9)32-27-38(4,5)25-26-43(32,36)37(45)46-29-30-17-15-14-16-18-30/h14-19,32-34,36H,11-13,20-29H2,1-10H3/t32-,33+,34-,36-,40+,41-,42+,43-/m0/s1. The number of allylic oxidation sites excluding steroid dienone is 2. The number of Topliss-reactive ketones (excluding diaryl/α,β-unsaturated/α-hetero) is 1. The van der Waals surface area contributed by atoms with Gasteiger partial charge in [0.25, 0.3) is 0 Å². The van der Waals surface area contributed by atoms with Crippen molar-refractivity contribution in [3.05, 3.63) is 47.5 Å². The third-order valence-corrected chi connectivity index (χ3v) is 21.0. The highest BCUT2D eigenvalue weighted by atomic mass is 28.4. The highest BCUT2D eigenvalue weighted by molar-refractivity contribution is 6.73. The first kappa shape index (κ1) is 36.1. The van der Waals surface area contributed by atoms with Crippen LogP contribution in [0.25, 0.3) is 0 Å². The van der Waals surface area contributed by atoms with Crippen LogP contribution in [-0.2, 0) is 25.4 Å². The predicted octanol–water partition coefficient (Wildman–Crippen LogP) is 11.1. The molecule has 0 unspecified atom stereocenters. The van der Waals surface area contributed by atoms with Gasteiger partial charge in [0.15, 0.2) is 8.32 Å². The van der Waals surface area contributed by atoms with E-state index >= 15 is 4.79 Å². The Bertz CT molecular complexity index is 1420. The Labute approximate surface area is 293 Å². The van der Waals surface area contributed by atoms with Crippen LogP contribution in [0.15, 0.2) is 42.0 Å². The molecule has 0 heterocycles. The van der Waals surface area contributed by atoms with Gasteiger partial charge in [-0.2, -0.15) is 0 Å². The topological polar surface area (TPSA) is 52.6 Å². The van der Waals surface area contributed by atoms with Gasteiger partial charge >= 0.3 is 5.97 Å². The minimum atomic E-state index is -2.09. The van der Waals surface area contributed by atoms with E-state index in [1.54, 1.807) is 0 Å². The molecule has 1 aromatic carbocycles. The zero-order valence-corrected chi connectivity index (χ0v) is 33.1. The highest BCUT2D eigenvalue weighted by Crippen LogP contribution is 2.76. The summed E-state index contributed by atoms with van der Waals surface area (Å²) in [6.45, 7) is 24.3. The number of fused-ring (bicyclic) bond motifs is 7. The van der Waals surface area contributed by atoms with Crippen molar-refractivity contribution >= 4 is 20.1 Å². The Kier molecular flexibility index (Phi) is 9.17. The Morgan fingerprint density at radius 3 is 2.17 bits per heavy atom. The number of rotatable bonds is 8. The van der Waals surface area contributed by atoms with E-state index in [2.05, 4.69) is 87.4 Å². The summed E-state index contributed by atoms with van der Waals surface area (Å²) in [5.74, 6) is 1.46. The molecule has 4 nitrogen and oxygen atoms in total. The second-order valence-electron chi connectivity index (χ2n) is 19.0. The van der Waals surface area contributed by atoms with Crippen molar-refractivity contribution in [2.45, 2.75) is 158 Å². The molecule has 5 aliphatic carbocycles. The monoisotopic (exact) mass is 674 g/mol. The lowest BCUT2D eigenvalue weighted by Crippen LogP contribution is -2.68. The second kappa shape index (κ2) is 12.2. The normalized spacial score (nSPS) is 40.0. The van der Waals surface area contributed by atoms with Crippen LogP contribution in [0.2, 0.25) is 18.1 Å². The molecule has 0 saturated heterocycles. The van der Waals surface area contributed by atoms with Gasteiger partial charge in [0, 0.05) is 11.8 Å². The van der Waals surface area contributed by atoms with Crippen LogP contribution in [-0.4, -0.2) is 26.2 Å². The van der Waals surface area contributed by atoms with Gasteiger partial charge in [-0.05, 0) is 114 Å². The van der Waals surface area contributed by atoms with Crippen LogP contribution in [0.3, 0.4) is 0 Å². The number of benzene rings is 1. The van der Waals surface area contributed by atoms with Gasteiger partial charge < -0.3 is 9.16 Å². The molecule has 4 saturated carbocycles. The number of carbonyl (C=O) groups is 2. The number of ketones is 1. The first-order valence-corrected chi connectivity index (χ1v) is 22.1. The first-order chi connectivity index (χ1) is 22.5. The fourth-order valence-corrected chi connectivity index (χ4v) is 15.7. The Hall–Kier alpha value is -1.72. The Morgan fingerprint density at radius 1 is 0.854 bits per heavy atom. The van der Waals surface area contributed by atoms with Crippen molar-refractivity contribution in [1.29, 1.82) is 0 Å². The van der Waals surface area contributed by atoms with Crippen molar-refractivity contribution in [3.63, 3.8) is 0 Å². The summed E-state index contributed by atoms with van der Waals surface area (Å²) in [7, 11) is -2.09. The number of carbonyl (C=O) groups excluding carboxylic acids is 2. The molecule has 48 heavy (non-hydrogen) atoms. The predicted molar refractivity (Wildman–Crippen MR) is 198 cm³/mol. The van der Waals surface area contributed by atoms with Crippen LogP contribution < -0.4 is 0 Å². The number of ether oxygens (including phenoxy) is 1. The van der Waals surface area contributed by atoms with Crippen molar-refractivity contribution < 1.29 is 18.8 Å². The minimum absolute atomic E-state index is 0.0264. The first-order valence-electron chi connectivity index (χ1n) is 19.6. The van der Waals surface area contributed by atoms with E-state index in [4.69, 9.17) is 9.16 Å². The average Bonchev–Trinajstić information content (AvgIpc) is 3.05. The third-order valence-electron chi connectivity index (χ3n) is 16.3. The zero-order chi connectivity index (χ0) is 35.0. The summed E-state index contributed by atoms with van der Waals surface area (Å²) in [5.41, 5.74) is 1.88. The Balaban J connectivity index is 1.49. The quantitative estimate of drug-likeness (QED) is 0.156. The smallest absolute Gasteiger partial charge is 0.315 e. The molecule has 0 bridgehead atoms. The molecule has 0 spiro atoms. The SMILES string of the molecule is CC[Si](CC)(CC)O[C@H]1C[C@]2(C)C(=CC[C@H]3[C@]4(C)CCC(=O)C(C)(C)[C@H]4CC[C@@]32C)[C@@H]2CC(C)(C)CC[C@@]12C(=O)OCc1ccccc1. The lowest BCUT2D eigenvalue weighted by molar-refractivity contribution is -0.208. The fraction of sp³-hybridized carbons (Fsp3) is 0.767. The summed E-state index contributed by atoms with van der Waals surface area (Å²) < 4.78 is 14.2.